The Labute approximate surface area is 147 Å². The Balaban J connectivity index is 1.70. The number of carbonyl (C=O) groups excluding carboxylic acids is 2. The first kappa shape index (κ1) is 14.8. The van der Waals surface area contributed by atoms with Crippen LogP contribution in [0.2, 0.25) is 0 Å². The molecule has 4 atom stereocenters. The van der Waals surface area contributed by atoms with Gasteiger partial charge >= 0.3 is 0 Å². The van der Waals surface area contributed by atoms with Gasteiger partial charge in [0.15, 0.2) is 0 Å². The number of likely N-dealkylation sites (tertiary alicyclic amines) is 1. The van der Waals surface area contributed by atoms with E-state index in [0.717, 1.165) is 18.5 Å². The quantitative estimate of drug-likeness (QED) is 0.754. The van der Waals surface area contributed by atoms with Crippen molar-refractivity contribution in [3.63, 3.8) is 0 Å². The van der Waals surface area contributed by atoms with Crippen LogP contribution in [-0.4, -0.2) is 35.2 Å². The molecule has 2 amide bonds. The predicted molar refractivity (Wildman–Crippen MR) is 93.5 cm³/mol. The van der Waals surface area contributed by atoms with Crippen molar-refractivity contribution in [3.05, 3.63) is 71.3 Å². The van der Waals surface area contributed by atoms with E-state index in [2.05, 4.69) is 35.2 Å². The molecule has 2 aromatic carbocycles. The van der Waals surface area contributed by atoms with Crippen molar-refractivity contribution in [2.24, 2.45) is 11.8 Å². The van der Waals surface area contributed by atoms with Crippen LogP contribution in [0.1, 0.15) is 28.8 Å². The van der Waals surface area contributed by atoms with Crippen LogP contribution in [0.25, 0.3) is 0 Å². The third-order valence-corrected chi connectivity index (χ3v) is 6.17. The van der Waals surface area contributed by atoms with Crippen molar-refractivity contribution < 1.29 is 9.59 Å². The number of fused-ring (bicyclic) bond motifs is 5. The zero-order chi connectivity index (χ0) is 17.1. The Morgan fingerprint density at radius 1 is 0.840 bits per heavy atom. The zero-order valence-electron chi connectivity index (χ0n) is 14.1. The molecule has 0 saturated carbocycles. The molecule has 2 saturated heterocycles. The van der Waals surface area contributed by atoms with Gasteiger partial charge in [-0.05, 0) is 23.1 Å². The van der Waals surface area contributed by atoms with Crippen LogP contribution in [0.15, 0.2) is 54.6 Å². The summed E-state index contributed by atoms with van der Waals surface area (Å²) < 4.78 is 0. The van der Waals surface area contributed by atoms with Crippen LogP contribution >= 0.6 is 0 Å². The van der Waals surface area contributed by atoms with Crippen LogP contribution in [0.3, 0.4) is 0 Å². The highest BCUT2D eigenvalue weighted by Gasteiger charge is 2.62. The summed E-state index contributed by atoms with van der Waals surface area (Å²) in [7, 11) is 1.63. The number of nitrogens with zero attached hydrogens (tertiary/aromatic N) is 2. The highest BCUT2D eigenvalue weighted by molar-refractivity contribution is 6.06. The molecule has 0 aromatic heterocycles. The second kappa shape index (κ2) is 5.27. The summed E-state index contributed by atoms with van der Waals surface area (Å²) >= 11 is 0. The average Bonchev–Trinajstić information content (AvgIpc) is 3.11. The van der Waals surface area contributed by atoms with Crippen molar-refractivity contribution in [2.75, 3.05) is 13.6 Å². The van der Waals surface area contributed by atoms with Gasteiger partial charge in [0.1, 0.15) is 0 Å². The van der Waals surface area contributed by atoms with Gasteiger partial charge in [0.25, 0.3) is 0 Å². The highest BCUT2D eigenvalue weighted by atomic mass is 16.2. The number of imide groups is 1. The summed E-state index contributed by atoms with van der Waals surface area (Å²) in [6.45, 7) is 0.887. The van der Waals surface area contributed by atoms with Gasteiger partial charge in [0.05, 0.1) is 11.8 Å². The van der Waals surface area contributed by atoms with E-state index in [1.807, 2.05) is 24.3 Å². The van der Waals surface area contributed by atoms with Gasteiger partial charge in [-0.2, -0.15) is 0 Å². The maximum absolute atomic E-state index is 12.9. The second-order valence-electron chi connectivity index (χ2n) is 7.27. The minimum atomic E-state index is -0.281. The molecular weight excluding hydrogens is 312 g/mol. The van der Waals surface area contributed by atoms with Gasteiger partial charge in [-0.25, -0.2) is 0 Å². The fraction of sp³-hybridized carbons (Fsp3) is 0.333. The van der Waals surface area contributed by atoms with E-state index in [9.17, 15) is 9.59 Å². The minimum Gasteiger partial charge on any atom is -0.287 e. The third-order valence-electron chi connectivity index (χ3n) is 6.17. The van der Waals surface area contributed by atoms with Crippen molar-refractivity contribution in [3.8, 4) is 0 Å². The molecule has 3 aliphatic heterocycles. The van der Waals surface area contributed by atoms with E-state index >= 15 is 0 Å². The number of benzene rings is 2. The summed E-state index contributed by atoms with van der Waals surface area (Å²) in [5.74, 6) is -0.615. The fourth-order valence-electron chi connectivity index (χ4n) is 5.11. The second-order valence-corrected chi connectivity index (χ2v) is 7.27. The van der Waals surface area contributed by atoms with Gasteiger partial charge in [-0.3, -0.25) is 19.4 Å². The summed E-state index contributed by atoms with van der Waals surface area (Å²) in [5, 5.41) is 0. The third kappa shape index (κ3) is 1.91. The molecule has 4 nitrogen and oxygen atoms in total. The van der Waals surface area contributed by atoms with Gasteiger partial charge < -0.3 is 0 Å². The van der Waals surface area contributed by atoms with Crippen LogP contribution < -0.4 is 0 Å². The van der Waals surface area contributed by atoms with E-state index in [1.165, 1.54) is 16.0 Å². The topological polar surface area (TPSA) is 40.6 Å². The minimum absolute atomic E-state index is 0.00144. The van der Waals surface area contributed by atoms with Crippen molar-refractivity contribution in [2.45, 2.75) is 18.5 Å². The van der Waals surface area contributed by atoms with Crippen LogP contribution in [0, 0.1) is 11.8 Å². The van der Waals surface area contributed by atoms with Gasteiger partial charge in [-0.1, -0.05) is 54.6 Å². The molecule has 0 unspecified atom stereocenters. The van der Waals surface area contributed by atoms with E-state index < -0.39 is 0 Å². The van der Waals surface area contributed by atoms with Gasteiger partial charge in [-0.15, -0.1) is 0 Å². The van der Waals surface area contributed by atoms with Crippen molar-refractivity contribution >= 4 is 11.8 Å². The van der Waals surface area contributed by atoms with Crippen LogP contribution in [0.4, 0.5) is 0 Å². The number of hydrogen-bond acceptors (Lipinski definition) is 3. The lowest BCUT2D eigenvalue weighted by molar-refractivity contribution is -0.140. The molecule has 0 radical (unpaired) electrons. The Bertz CT molecular complexity index is 863. The van der Waals surface area contributed by atoms with E-state index in [0.29, 0.717) is 0 Å². The fourth-order valence-corrected chi connectivity index (χ4v) is 5.11. The number of hydrogen-bond donors (Lipinski definition) is 0. The first-order valence-electron chi connectivity index (χ1n) is 8.88. The molecule has 3 heterocycles. The van der Waals surface area contributed by atoms with E-state index in [-0.39, 0.29) is 35.7 Å². The van der Waals surface area contributed by atoms with Gasteiger partial charge in [0, 0.05) is 25.7 Å². The first-order chi connectivity index (χ1) is 12.2. The first-order valence-corrected chi connectivity index (χ1v) is 8.88. The molecule has 3 aliphatic rings. The lowest BCUT2D eigenvalue weighted by Crippen LogP contribution is -2.39. The number of rotatable bonds is 1. The average molecular weight is 332 g/mol. The largest absolute Gasteiger partial charge is 0.287 e. The van der Waals surface area contributed by atoms with Crippen molar-refractivity contribution in [1.29, 1.82) is 0 Å². The number of amides is 2. The van der Waals surface area contributed by atoms with Gasteiger partial charge in [0.2, 0.25) is 11.8 Å². The molecule has 0 N–H and O–H groups in total. The zero-order valence-corrected chi connectivity index (χ0v) is 14.1. The summed E-state index contributed by atoms with van der Waals surface area (Å²) in [4.78, 5) is 29.6. The smallest absolute Gasteiger partial charge is 0.234 e. The Morgan fingerprint density at radius 3 is 2.24 bits per heavy atom. The maximum Gasteiger partial charge on any atom is 0.234 e. The van der Waals surface area contributed by atoms with Crippen LogP contribution in [0.5, 0.6) is 0 Å². The van der Waals surface area contributed by atoms with E-state index in [1.54, 1.807) is 7.05 Å². The molecule has 0 bridgehead atoms. The molecular formula is C21H20N2O2. The Hall–Kier alpha value is -2.46. The molecule has 5 rings (SSSR count). The maximum atomic E-state index is 12.9. The summed E-state index contributed by atoms with van der Waals surface area (Å²) in [6, 6.07) is 18.6. The normalized spacial score (nSPS) is 31.0. The molecule has 0 spiro atoms. The standard InChI is InChI=1S/C21H20N2O2/c1-22-20(24)16-17(21(22)25)19-15-10-6-5-7-13(15)11-12-23(19)18(16)14-8-3-2-4-9-14/h2-10,16-19H,11-12H2,1H3/t16-,17+,18+,19+/m1/s1. The highest BCUT2D eigenvalue weighted by Crippen LogP contribution is 2.57. The van der Waals surface area contributed by atoms with Crippen LogP contribution in [-0.2, 0) is 16.0 Å². The molecule has 0 aliphatic carbocycles. The molecule has 2 aromatic rings. The lowest BCUT2D eigenvalue weighted by Gasteiger charge is -2.37. The molecule has 25 heavy (non-hydrogen) atoms. The summed E-state index contributed by atoms with van der Waals surface area (Å²) in [5.41, 5.74) is 3.67. The number of carbonyl (C=O) groups is 2. The molecule has 4 heteroatoms. The lowest BCUT2D eigenvalue weighted by atomic mass is 9.83. The molecule has 126 valence electrons. The molecule has 2 fully saturated rings. The van der Waals surface area contributed by atoms with Crippen molar-refractivity contribution in [1.82, 2.24) is 9.80 Å². The monoisotopic (exact) mass is 332 g/mol. The summed E-state index contributed by atoms with van der Waals surface area (Å²) in [6.07, 6.45) is 0.966. The Morgan fingerprint density at radius 2 is 1.48 bits per heavy atom. The SMILES string of the molecule is CN1C(=O)[C@@H]2[C@H](C1=O)[C@@H]1c3ccccc3CCN1[C@H]2c1ccccc1. The van der Waals surface area contributed by atoms with E-state index in [4.69, 9.17) is 0 Å². The Kier molecular flexibility index (Phi) is 3.13. The predicted octanol–water partition coefficient (Wildman–Crippen LogP) is 2.57.